The molecule has 1 atom stereocenters. The van der Waals surface area contributed by atoms with E-state index < -0.39 is 30.4 Å². The molecule has 3 aliphatic rings. The van der Waals surface area contributed by atoms with Crippen molar-refractivity contribution in [1.29, 1.82) is 0 Å². The second kappa shape index (κ2) is 10.2. The van der Waals surface area contributed by atoms with Gasteiger partial charge in [-0.3, -0.25) is 9.69 Å². The lowest BCUT2D eigenvalue weighted by atomic mass is 9.75. The third-order valence-corrected chi connectivity index (χ3v) is 8.04. The molecular formula is C28H29F4N5O3. The minimum atomic E-state index is -4.63. The molecule has 40 heavy (non-hydrogen) atoms. The lowest BCUT2D eigenvalue weighted by molar-refractivity contribution is -0.138. The molecule has 1 aromatic heterocycles. The van der Waals surface area contributed by atoms with Gasteiger partial charge in [0.15, 0.2) is 0 Å². The zero-order chi connectivity index (χ0) is 28.1. The number of halogens is 4. The summed E-state index contributed by atoms with van der Waals surface area (Å²) in [5.74, 6) is 0.314. The molecule has 8 nitrogen and oxygen atoms in total. The number of benzene rings is 2. The van der Waals surface area contributed by atoms with Crippen LogP contribution in [0.15, 0.2) is 42.7 Å². The molecule has 12 heteroatoms. The van der Waals surface area contributed by atoms with Gasteiger partial charge in [-0.1, -0.05) is 12.1 Å². The quantitative estimate of drug-likeness (QED) is 0.412. The molecule has 0 N–H and O–H groups in total. The molecule has 3 aliphatic heterocycles. The van der Waals surface area contributed by atoms with Crippen molar-refractivity contribution in [3.05, 3.63) is 76.4 Å². The first kappa shape index (κ1) is 26.9. The highest BCUT2D eigenvalue weighted by Gasteiger charge is 2.43. The van der Waals surface area contributed by atoms with Gasteiger partial charge in [0.25, 0.3) is 5.91 Å². The minimum absolute atomic E-state index is 0.0314. The number of morpholine rings is 1. The molecule has 2 aromatic carbocycles. The Bertz CT molecular complexity index is 1420. The lowest BCUT2D eigenvalue weighted by Gasteiger charge is -2.42. The molecule has 0 bridgehead atoms. The summed E-state index contributed by atoms with van der Waals surface area (Å²) < 4.78 is 68.5. The Hall–Kier alpha value is -3.35. The van der Waals surface area contributed by atoms with Crippen LogP contribution in [-0.4, -0.2) is 71.3 Å². The predicted octanol–water partition coefficient (Wildman–Crippen LogP) is 3.68. The Kier molecular flexibility index (Phi) is 6.87. The fraction of sp³-hybridized carbons (Fsp3) is 0.464. The first-order chi connectivity index (χ1) is 19.2. The summed E-state index contributed by atoms with van der Waals surface area (Å²) in [6.45, 7) is 1.31. The molecule has 0 spiro atoms. The number of rotatable bonds is 7. The van der Waals surface area contributed by atoms with Crippen molar-refractivity contribution in [2.45, 2.75) is 37.2 Å². The topological polar surface area (TPSA) is 72.7 Å². The number of anilines is 1. The summed E-state index contributed by atoms with van der Waals surface area (Å²) in [5.41, 5.74) is 0.650. The number of carbonyl (C=O) groups excluding carboxylic acids is 1. The zero-order valence-electron chi connectivity index (χ0n) is 22.0. The summed E-state index contributed by atoms with van der Waals surface area (Å²) >= 11 is 0. The van der Waals surface area contributed by atoms with Gasteiger partial charge in [0.1, 0.15) is 18.8 Å². The zero-order valence-corrected chi connectivity index (χ0v) is 22.0. The summed E-state index contributed by atoms with van der Waals surface area (Å²) in [6.07, 6.45) is -3.03. The van der Waals surface area contributed by atoms with Crippen molar-refractivity contribution in [2.75, 3.05) is 44.5 Å². The molecule has 4 heterocycles. The van der Waals surface area contributed by atoms with Crippen molar-refractivity contribution in [3.63, 3.8) is 0 Å². The number of aryl methyl sites for hydroxylation is 1. The van der Waals surface area contributed by atoms with Crippen LogP contribution in [0, 0.1) is 0 Å². The standard InChI is InChI=1S/C28H29F4N5O3/c1-35-17-33-34-25(35)10-27(15-39-16-27)19-3-2-4-20(9-19)37-14-23-22(26(37)38)7-18(8-24(23)28(30,31)32)12-36-5-6-40-21(11-29)13-36/h2-4,7-9,17,21H,5-6,10-16H2,1H3. The van der Waals surface area contributed by atoms with E-state index in [0.717, 1.165) is 17.5 Å². The van der Waals surface area contributed by atoms with E-state index in [9.17, 15) is 22.4 Å². The van der Waals surface area contributed by atoms with Gasteiger partial charge < -0.3 is 18.9 Å². The van der Waals surface area contributed by atoms with E-state index in [0.29, 0.717) is 44.0 Å². The molecule has 3 aromatic rings. The first-order valence-electron chi connectivity index (χ1n) is 13.1. The molecular weight excluding hydrogens is 530 g/mol. The Morgan fingerprint density at radius 2 is 2.00 bits per heavy atom. The van der Waals surface area contributed by atoms with Crippen LogP contribution in [0.4, 0.5) is 23.2 Å². The number of ether oxygens (including phenoxy) is 2. The van der Waals surface area contributed by atoms with Crippen LogP contribution in [0.1, 0.15) is 38.4 Å². The first-order valence-corrected chi connectivity index (χ1v) is 13.1. The predicted molar refractivity (Wildman–Crippen MR) is 137 cm³/mol. The molecule has 1 amide bonds. The van der Waals surface area contributed by atoms with Gasteiger partial charge in [0.2, 0.25) is 0 Å². The number of nitrogens with zero attached hydrogens (tertiary/aromatic N) is 5. The minimum Gasteiger partial charge on any atom is -0.379 e. The maximum atomic E-state index is 14.2. The summed E-state index contributed by atoms with van der Waals surface area (Å²) in [7, 11) is 1.87. The number of fused-ring (bicyclic) bond motifs is 1. The molecule has 212 valence electrons. The van der Waals surface area contributed by atoms with Gasteiger partial charge >= 0.3 is 6.18 Å². The SMILES string of the molecule is Cn1cnnc1CC1(c2cccc(N3Cc4c(cc(CN5CCOC(CF)C5)cc4C(F)(F)F)C3=O)c2)COC1. The molecule has 2 fully saturated rings. The fourth-order valence-corrected chi connectivity index (χ4v) is 5.79. The number of hydrogen-bond acceptors (Lipinski definition) is 6. The Balaban J connectivity index is 1.30. The smallest absolute Gasteiger partial charge is 0.379 e. The highest BCUT2D eigenvalue weighted by molar-refractivity contribution is 6.10. The van der Waals surface area contributed by atoms with Gasteiger partial charge in [-0.2, -0.15) is 13.2 Å². The number of aromatic nitrogens is 3. The second-order valence-electron chi connectivity index (χ2n) is 10.8. The largest absolute Gasteiger partial charge is 0.416 e. The van der Waals surface area contributed by atoms with E-state index in [1.165, 1.54) is 4.90 Å². The number of hydrogen-bond donors (Lipinski definition) is 0. The van der Waals surface area contributed by atoms with Crippen LogP contribution in [0.5, 0.6) is 0 Å². The Morgan fingerprint density at radius 3 is 2.67 bits per heavy atom. The number of alkyl halides is 4. The molecule has 0 saturated carbocycles. The maximum absolute atomic E-state index is 14.2. The van der Waals surface area contributed by atoms with Crippen LogP contribution >= 0.6 is 0 Å². The van der Waals surface area contributed by atoms with Gasteiger partial charge in [-0.05, 0) is 41.0 Å². The third-order valence-electron chi connectivity index (χ3n) is 8.04. The van der Waals surface area contributed by atoms with Crippen molar-refractivity contribution in [3.8, 4) is 0 Å². The average molecular weight is 560 g/mol. The van der Waals surface area contributed by atoms with Crippen LogP contribution in [0.2, 0.25) is 0 Å². The normalized spacial score (nSPS) is 21.0. The molecule has 1 unspecified atom stereocenters. The average Bonchev–Trinajstić information content (AvgIpc) is 3.47. The molecule has 0 aliphatic carbocycles. The van der Waals surface area contributed by atoms with E-state index >= 15 is 0 Å². The van der Waals surface area contributed by atoms with Crippen LogP contribution in [-0.2, 0) is 47.6 Å². The van der Waals surface area contributed by atoms with Gasteiger partial charge in [0.05, 0.1) is 38.0 Å². The Morgan fingerprint density at radius 1 is 1.18 bits per heavy atom. The van der Waals surface area contributed by atoms with Gasteiger partial charge in [0, 0.05) is 49.8 Å². The van der Waals surface area contributed by atoms with E-state index in [2.05, 4.69) is 10.2 Å². The van der Waals surface area contributed by atoms with Crippen molar-refractivity contribution in [2.24, 2.45) is 7.05 Å². The van der Waals surface area contributed by atoms with Crippen LogP contribution < -0.4 is 4.90 Å². The monoisotopic (exact) mass is 559 g/mol. The van der Waals surface area contributed by atoms with Crippen molar-refractivity contribution in [1.82, 2.24) is 19.7 Å². The summed E-state index contributed by atoms with van der Waals surface area (Å²) in [4.78, 5) is 16.8. The van der Waals surface area contributed by atoms with Crippen molar-refractivity contribution >= 4 is 11.6 Å². The summed E-state index contributed by atoms with van der Waals surface area (Å²) in [5, 5.41) is 8.15. The highest BCUT2D eigenvalue weighted by atomic mass is 19.4. The molecule has 6 rings (SSSR count). The summed E-state index contributed by atoms with van der Waals surface area (Å²) in [6, 6.07) is 10.0. The van der Waals surface area contributed by atoms with E-state index in [-0.39, 0.29) is 36.2 Å². The molecule has 0 radical (unpaired) electrons. The highest BCUT2D eigenvalue weighted by Crippen LogP contribution is 2.41. The fourth-order valence-electron chi connectivity index (χ4n) is 5.79. The van der Waals surface area contributed by atoms with E-state index in [1.54, 1.807) is 18.5 Å². The third kappa shape index (κ3) is 4.88. The van der Waals surface area contributed by atoms with Crippen LogP contribution in [0.25, 0.3) is 0 Å². The Labute approximate surface area is 228 Å². The van der Waals surface area contributed by atoms with Gasteiger partial charge in [-0.15, -0.1) is 10.2 Å². The van der Waals surface area contributed by atoms with Crippen molar-refractivity contribution < 1.29 is 31.8 Å². The van der Waals surface area contributed by atoms with E-state index in [1.807, 2.05) is 34.7 Å². The van der Waals surface area contributed by atoms with E-state index in [4.69, 9.17) is 9.47 Å². The second-order valence-corrected chi connectivity index (χ2v) is 10.8. The van der Waals surface area contributed by atoms with Gasteiger partial charge in [-0.25, -0.2) is 4.39 Å². The number of carbonyl (C=O) groups is 1. The molecule has 2 saturated heterocycles. The number of amides is 1. The maximum Gasteiger partial charge on any atom is 0.416 e. The van der Waals surface area contributed by atoms with Crippen LogP contribution in [0.3, 0.4) is 0 Å². The lowest BCUT2D eigenvalue weighted by Crippen LogP contribution is -2.49.